The fourth-order valence-electron chi connectivity index (χ4n) is 2.65. The number of fused-ring (bicyclic) bond motifs is 3. The number of nitrogens with two attached hydrogens (primary N) is 1. The minimum absolute atomic E-state index is 0.153. The fraction of sp³-hybridized carbons (Fsp3) is 1.00. The first-order valence-electron chi connectivity index (χ1n) is 4.94. The lowest BCUT2D eigenvalue weighted by Gasteiger charge is -2.51. The van der Waals surface area contributed by atoms with E-state index in [2.05, 4.69) is 0 Å². The van der Waals surface area contributed by atoms with Crippen molar-refractivity contribution in [3.8, 4) is 0 Å². The van der Waals surface area contributed by atoms with Crippen LogP contribution in [-0.2, 0) is 0 Å². The summed E-state index contributed by atoms with van der Waals surface area (Å²) in [6, 6.07) is -0.464. The van der Waals surface area contributed by atoms with Crippen molar-refractivity contribution in [1.29, 1.82) is 0 Å². The highest BCUT2D eigenvalue weighted by Crippen LogP contribution is 2.36. The molecule has 0 radical (unpaired) electrons. The predicted octanol–water partition coefficient (Wildman–Crippen LogP) is -0.144. The molecule has 1 saturated carbocycles. The van der Waals surface area contributed by atoms with Gasteiger partial charge in [-0.2, -0.15) is 0 Å². The van der Waals surface area contributed by atoms with E-state index in [1.165, 1.54) is 0 Å². The maximum atomic E-state index is 13.6. The summed E-state index contributed by atoms with van der Waals surface area (Å²) in [4.78, 5) is 1.84. The molecule has 0 aromatic carbocycles. The quantitative estimate of drug-likeness (QED) is 0.560. The van der Waals surface area contributed by atoms with Crippen LogP contribution in [0, 0.1) is 5.92 Å². The summed E-state index contributed by atoms with van der Waals surface area (Å²) in [5.41, 5.74) is 5.74. The molecule has 2 saturated heterocycles. The normalized spacial score (nSPS) is 45.2. The Morgan fingerprint density at radius 3 is 2.77 bits per heavy atom. The van der Waals surface area contributed by atoms with Crippen molar-refractivity contribution < 1.29 is 9.41 Å². The van der Waals surface area contributed by atoms with E-state index in [0.29, 0.717) is 0 Å². The maximum Gasteiger partial charge on any atom is 0.376 e. The van der Waals surface area contributed by atoms with Crippen LogP contribution >= 0.6 is 0 Å². The van der Waals surface area contributed by atoms with E-state index in [1.807, 2.05) is 4.81 Å². The molecule has 2 bridgehead atoms. The maximum absolute atomic E-state index is 13.6. The van der Waals surface area contributed by atoms with Gasteiger partial charge >= 0.3 is 7.05 Å². The Labute approximate surface area is 78.2 Å². The van der Waals surface area contributed by atoms with Crippen molar-refractivity contribution in [3.05, 3.63) is 0 Å². The molecular formula is C8H16BFN2O. The van der Waals surface area contributed by atoms with E-state index in [1.54, 1.807) is 6.82 Å². The number of piperidine rings is 2. The summed E-state index contributed by atoms with van der Waals surface area (Å²) in [5.74, 6) is 0.231. The molecule has 0 spiro atoms. The van der Waals surface area contributed by atoms with Crippen molar-refractivity contribution in [2.75, 3.05) is 6.54 Å². The molecule has 3 fully saturated rings. The summed E-state index contributed by atoms with van der Waals surface area (Å²) < 4.78 is 13.6. The van der Waals surface area contributed by atoms with Crippen molar-refractivity contribution in [3.63, 3.8) is 0 Å². The molecule has 1 aliphatic carbocycles. The monoisotopic (exact) mass is 186 g/mol. The minimum Gasteiger partial charge on any atom is -0.437 e. The van der Waals surface area contributed by atoms with Gasteiger partial charge < -0.3 is 15.6 Å². The molecular weight excluding hydrogens is 170 g/mol. The van der Waals surface area contributed by atoms with Gasteiger partial charge in [-0.25, -0.2) is 4.39 Å². The number of hydrogen-bond donors (Lipinski definition) is 2. The molecule has 2 unspecified atom stereocenters. The first-order chi connectivity index (χ1) is 6.11. The van der Waals surface area contributed by atoms with E-state index in [0.717, 1.165) is 19.4 Å². The standard InChI is InChI=1S/C8H16BFN2O/c1-9(13)12-4-5-2-3-6(12)7(10)8(5)11/h5-8,13H,2-4,11H2,1H3/t5?,6?,7-,8-/m1/s1. The van der Waals surface area contributed by atoms with Crippen LogP contribution in [0.15, 0.2) is 0 Å². The highest BCUT2D eigenvalue weighted by Gasteiger charge is 2.48. The third kappa shape index (κ3) is 1.39. The number of halogens is 1. The molecule has 13 heavy (non-hydrogen) atoms. The molecule has 3 nitrogen and oxygen atoms in total. The Hall–Kier alpha value is -0.125. The van der Waals surface area contributed by atoms with Gasteiger partial charge in [-0.1, -0.05) is 0 Å². The third-order valence-electron chi connectivity index (χ3n) is 3.46. The van der Waals surface area contributed by atoms with Gasteiger partial charge in [0.05, 0.1) is 0 Å². The molecule has 2 aliphatic heterocycles. The second-order valence-corrected chi connectivity index (χ2v) is 4.26. The Morgan fingerprint density at radius 1 is 1.54 bits per heavy atom. The summed E-state index contributed by atoms with van der Waals surface area (Å²) >= 11 is 0. The minimum atomic E-state index is -0.956. The SMILES string of the molecule is CB(O)N1CC2CCC1[C@@H](F)[C@@H]2N. The van der Waals surface area contributed by atoms with Crippen molar-refractivity contribution in [2.24, 2.45) is 11.7 Å². The number of rotatable bonds is 1. The lowest BCUT2D eigenvalue weighted by atomic mass is 9.68. The highest BCUT2D eigenvalue weighted by molar-refractivity contribution is 6.45. The van der Waals surface area contributed by atoms with E-state index >= 15 is 0 Å². The predicted molar refractivity (Wildman–Crippen MR) is 49.9 cm³/mol. The Bertz CT molecular complexity index is 203. The Balaban J connectivity index is 2.14. The van der Waals surface area contributed by atoms with E-state index in [-0.39, 0.29) is 18.0 Å². The molecule has 3 rings (SSSR count). The van der Waals surface area contributed by atoms with Gasteiger partial charge in [-0.15, -0.1) is 0 Å². The van der Waals surface area contributed by atoms with Gasteiger partial charge in [0, 0.05) is 12.1 Å². The number of alkyl halides is 1. The van der Waals surface area contributed by atoms with E-state index in [9.17, 15) is 9.41 Å². The Kier molecular flexibility index (Phi) is 2.34. The van der Waals surface area contributed by atoms with Gasteiger partial charge in [0.2, 0.25) is 0 Å². The third-order valence-corrected chi connectivity index (χ3v) is 3.46. The molecule has 0 aromatic rings. The summed E-state index contributed by atoms with van der Waals surface area (Å²) in [5, 5.41) is 9.42. The molecule has 3 aliphatic rings. The lowest BCUT2D eigenvalue weighted by molar-refractivity contribution is 0.00577. The Morgan fingerprint density at radius 2 is 2.23 bits per heavy atom. The van der Waals surface area contributed by atoms with Gasteiger partial charge in [-0.3, -0.25) is 0 Å². The van der Waals surface area contributed by atoms with E-state index < -0.39 is 13.2 Å². The van der Waals surface area contributed by atoms with Crippen LogP contribution in [0.2, 0.25) is 6.82 Å². The average Bonchev–Trinajstić information content (AvgIpc) is 2.12. The summed E-state index contributed by atoms with van der Waals surface area (Å²) in [6.07, 6.45) is 0.891. The zero-order chi connectivity index (χ0) is 9.59. The smallest absolute Gasteiger partial charge is 0.376 e. The van der Waals surface area contributed by atoms with Crippen LogP contribution in [0.3, 0.4) is 0 Å². The molecule has 5 heteroatoms. The van der Waals surface area contributed by atoms with Crippen LogP contribution in [0.1, 0.15) is 12.8 Å². The van der Waals surface area contributed by atoms with Gasteiger partial charge in [-0.05, 0) is 32.1 Å². The molecule has 0 aromatic heterocycles. The van der Waals surface area contributed by atoms with Crippen molar-refractivity contribution in [1.82, 2.24) is 4.81 Å². The largest absolute Gasteiger partial charge is 0.437 e. The molecule has 0 amide bonds. The fourth-order valence-corrected chi connectivity index (χ4v) is 2.65. The first-order valence-corrected chi connectivity index (χ1v) is 4.94. The second kappa shape index (κ2) is 3.22. The molecule has 2 heterocycles. The van der Waals surface area contributed by atoms with Crippen LogP contribution in [0.4, 0.5) is 4.39 Å². The van der Waals surface area contributed by atoms with Crippen LogP contribution in [-0.4, -0.2) is 41.7 Å². The molecule has 3 N–H and O–H groups in total. The second-order valence-electron chi connectivity index (χ2n) is 4.26. The van der Waals surface area contributed by atoms with Gasteiger partial charge in [0.25, 0.3) is 0 Å². The number of hydrogen-bond acceptors (Lipinski definition) is 3. The molecule has 4 atom stereocenters. The summed E-state index contributed by atoms with van der Waals surface area (Å²) in [7, 11) is -0.543. The van der Waals surface area contributed by atoms with Gasteiger partial charge in [0.15, 0.2) is 0 Å². The highest BCUT2D eigenvalue weighted by atomic mass is 19.1. The first kappa shape index (κ1) is 9.43. The van der Waals surface area contributed by atoms with E-state index in [4.69, 9.17) is 5.73 Å². The number of nitrogens with zero attached hydrogens (tertiary/aromatic N) is 1. The van der Waals surface area contributed by atoms with Crippen molar-refractivity contribution >= 4 is 7.05 Å². The zero-order valence-corrected chi connectivity index (χ0v) is 7.86. The summed E-state index contributed by atoms with van der Waals surface area (Å²) in [6.45, 7) is 2.45. The van der Waals surface area contributed by atoms with Gasteiger partial charge in [0.1, 0.15) is 6.17 Å². The topological polar surface area (TPSA) is 49.5 Å². The molecule has 74 valence electrons. The van der Waals surface area contributed by atoms with Crippen LogP contribution in [0.25, 0.3) is 0 Å². The zero-order valence-electron chi connectivity index (χ0n) is 7.86. The lowest BCUT2D eigenvalue weighted by Crippen LogP contribution is -2.66. The van der Waals surface area contributed by atoms with Crippen LogP contribution < -0.4 is 5.73 Å². The van der Waals surface area contributed by atoms with Crippen molar-refractivity contribution in [2.45, 2.75) is 37.9 Å². The average molecular weight is 186 g/mol. The van der Waals surface area contributed by atoms with Crippen LogP contribution in [0.5, 0.6) is 0 Å².